The number of sulfonamides is 1. The topological polar surface area (TPSA) is 98.5 Å². The zero-order chi connectivity index (χ0) is 16.4. The first kappa shape index (κ1) is 18.2. The number of primary sulfonamides is 1. The van der Waals surface area contributed by atoms with E-state index in [0.717, 1.165) is 6.07 Å². The zero-order valence-electron chi connectivity index (χ0n) is 11.7. The largest absolute Gasteiger partial charge is 0.369 e. The van der Waals surface area contributed by atoms with Gasteiger partial charge in [-0.3, -0.25) is 4.79 Å². The first-order chi connectivity index (χ1) is 9.54. The fourth-order valence-corrected chi connectivity index (χ4v) is 3.01. The third-order valence-electron chi connectivity index (χ3n) is 2.53. The Balaban J connectivity index is 3.11. The normalized spacial score (nSPS) is 11.8. The van der Waals surface area contributed by atoms with Crippen LogP contribution in [0.2, 0.25) is 10.0 Å². The van der Waals surface area contributed by atoms with Crippen molar-refractivity contribution >= 4 is 44.8 Å². The Kier molecular flexibility index (Phi) is 6.01. The molecule has 6 nitrogen and oxygen atoms in total. The lowest BCUT2D eigenvalue weighted by atomic mass is 10.2. The maximum atomic E-state index is 11.7. The monoisotopic (exact) mass is 354 g/mol. The Morgan fingerprint density at radius 3 is 2.48 bits per heavy atom. The van der Waals surface area contributed by atoms with Gasteiger partial charge in [0.2, 0.25) is 15.9 Å². The molecule has 1 rings (SSSR count). The molecular weight excluding hydrogens is 339 g/mol. The van der Waals surface area contributed by atoms with Gasteiger partial charge in [-0.15, -0.1) is 0 Å². The summed E-state index contributed by atoms with van der Waals surface area (Å²) in [4.78, 5) is 11.5. The number of ether oxygens (including phenoxy) is 1. The highest BCUT2D eigenvalue weighted by Gasteiger charge is 2.20. The number of carbonyl (C=O) groups excluding carboxylic acids is 1. The van der Waals surface area contributed by atoms with Crippen molar-refractivity contribution in [3.05, 3.63) is 21.7 Å². The molecule has 9 heteroatoms. The quantitative estimate of drug-likeness (QED) is 0.847. The minimum atomic E-state index is -3.95. The number of rotatable bonds is 5. The smallest absolute Gasteiger partial charge is 0.250 e. The van der Waals surface area contributed by atoms with Crippen molar-refractivity contribution in [3.63, 3.8) is 0 Å². The van der Waals surface area contributed by atoms with Crippen LogP contribution in [0.15, 0.2) is 11.0 Å². The van der Waals surface area contributed by atoms with Gasteiger partial charge in [-0.05, 0) is 32.4 Å². The molecule has 0 unspecified atom stereocenters. The number of benzene rings is 1. The maximum absolute atomic E-state index is 11.7. The lowest BCUT2D eigenvalue weighted by Gasteiger charge is -2.14. The number of halogens is 2. The van der Waals surface area contributed by atoms with Crippen molar-refractivity contribution in [3.8, 4) is 0 Å². The van der Waals surface area contributed by atoms with E-state index in [0.29, 0.717) is 0 Å². The summed E-state index contributed by atoms with van der Waals surface area (Å²) in [5.74, 6) is -0.449. The molecule has 0 saturated heterocycles. The Hall–Kier alpha value is -0.860. The molecular formula is C12H16Cl2N2O4S. The minimum absolute atomic E-state index is 0.0180. The van der Waals surface area contributed by atoms with Gasteiger partial charge in [0.1, 0.15) is 6.61 Å². The predicted molar refractivity (Wildman–Crippen MR) is 82.3 cm³/mol. The Labute approximate surface area is 133 Å². The molecule has 1 aromatic carbocycles. The van der Waals surface area contributed by atoms with Gasteiger partial charge in [-0.2, -0.15) is 0 Å². The Morgan fingerprint density at radius 1 is 1.43 bits per heavy atom. The summed E-state index contributed by atoms with van der Waals surface area (Å²) < 4.78 is 28.0. The second-order valence-corrected chi connectivity index (χ2v) is 6.94. The molecule has 21 heavy (non-hydrogen) atoms. The summed E-state index contributed by atoms with van der Waals surface area (Å²) in [6.07, 6.45) is -0.104. The van der Waals surface area contributed by atoms with Gasteiger partial charge < -0.3 is 10.1 Å². The minimum Gasteiger partial charge on any atom is -0.369 e. The van der Waals surface area contributed by atoms with E-state index in [2.05, 4.69) is 5.32 Å². The van der Waals surface area contributed by atoms with Crippen LogP contribution in [0.3, 0.4) is 0 Å². The van der Waals surface area contributed by atoms with E-state index in [1.54, 1.807) is 13.8 Å². The molecule has 0 saturated carbocycles. The third kappa shape index (κ3) is 4.82. The first-order valence-electron chi connectivity index (χ1n) is 5.97. The Morgan fingerprint density at radius 2 is 2.00 bits per heavy atom. The predicted octanol–water partition coefficient (Wildman–Crippen LogP) is 2.31. The molecule has 3 N–H and O–H groups in total. The summed E-state index contributed by atoms with van der Waals surface area (Å²) in [5.41, 5.74) is 0.337. The molecule has 0 spiro atoms. The molecule has 0 aromatic heterocycles. The fraction of sp³-hybridized carbons (Fsp3) is 0.417. The van der Waals surface area contributed by atoms with E-state index in [9.17, 15) is 13.2 Å². The van der Waals surface area contributed by atoms with Crippen LogP contribution in [-0.4, -0.2) is 27.0 Å². The van der Waals surface area contributed by atoms with E-state index in [-0.39, 0.29) is 38.9 Å². The average molecular weight is 355 g/mol. The molecule has 0 aliphatic rings. The maximum Gasteiger partial charge on any atom is 0.250 e. The van der Waals surface area contributed by atoms with Crippen molar-refractivity contribution in [1.82, 2.24) is 0 Å². The van der Waals surface area contributed by atoms with Gasteiger partial charge in [-0.25, -0.2) is 13.6 Å². The van der Waals surface area contributed by atoms with Crippen LogP contribution in [0.4, 0.5) is 5.69 Å². The van der Waals surface area contributed by atoms with Crippen molar-refractivity contribution in [2.24, 2.45) is 5.14 Å². The fourth-order valence-electron chi connectivity index (χ4n) is 1.52. The number of amides is 1. The second kappa shape index (κ2) is 6.93. The molecule has 0 heterocycles. The molecule has 0 bridgehead atoms. The van der Waals surface area contributed by atoms with E-state index in [1.807, 2.05) is 0 Å². The van der Waals surface area contributed by atoms with Crippen molar-refractivity contribution in [2.75, 3.05) is 11.9 Å². The van der Waals surface area contributed by atoms with Crippen molar-refractivity contribution in [1.29, 1.82) is 0 Å². The highest BCUT2D eigenvalue weighted by molar-refractivity contribution is 7.89. The zero-order valence-corrected chi connectivity index (χ0v) is 14.1. The van der Waals surface area contributed by atoms with Gasteiger partial charge in [0, 0.05) is 0 Å². The van der Waals surface area contributed by atoms with E-state index >= 15 is 0 Å². The van der Waals surface area contributed by atoms with Gasteiger partial charge in [0.15, 0.2) is 0 Å². The van der Waals surface area contributed by atoms with Crippen molar-refractivity contribution in [2.45, 2.75) is 31.8 Å². The van der Waals surface area contributed by atoms with E-state index < -0.39 is 15.9 Å². The molecule has 0 radical (unpaired) electrons. The summed E-state index contributed by atoms with van der Waals surface area (Å²) in [5, 5.41) is 7.56. The highest BCUT2D eigenvalue weighted by atomic mass is 35.5. The number of anilines is 1. The van der Waals surface area contributed by atoms with Crippen LogP contribution in [0.1, 0.15) is 19.4 Å². The molecule has 118 valence electrons. The van der Waals surface area contributed by atoms with Gasteiger partial charge in [-0.1, -0.05) is 23.2 Å². The van der Waals surface area contributed by atoms with Crippen LogP contribution in [-0.2, 0) is 19.6 Å². The number of hydrogen-bond acceptors (Lipinski definition) is 4. The average Bonchev–Trinajstić information content (AvgIpc) is 2.35. The number of hydrogen-bond donors (Lipinski definition) is 2. The third-order valence-corrected chi connectivity index (χ3v) is 4.34. The Bertz CT molecular complexity index is 660. The molecule has 1 amide bonds. The SMILES string of the molecule is Cc1c(S(N)(=O)=O)cc(Cl)c(NC(=O)COC(C)C)c1Cl. The summed E-state index contributed by atoms with van der Waals surface area (Å²) >= 11 is 12.0. The molecule has 0 fully saturated rings. The standard InChI is InChI=1S/C12H16Cl2N2O4S/c1-6(2)20-5-10(17)16-12-8(13)4-9(21(15,18)19)7(3)11(12)14/h4,6H,5H2,1-3H3,(H,16,17)(H2,15,18,19). The van der Waals surface area contributed by atoms with Crippen LogP contribution in [0.5, 0.6) is 0 Å². The van der Waals surface area contributed by atoms with Crippen LogP contribution < -0.4 is 10.5 Å². The molecule has 0 atom stereocenters. The van der Waals surface area contributed by atoms with E-state index in [4.69, 9.17) is 33.1 Å². The lowest BCUT2D eigenvalue weighted by Crippen LogP contribution is -2.21. The van der Waals surface area contributed by atoms with Gasteiger partial charge in [0.25, 0.3) is 0 Å². The van der Waals surface area contributed by atoms with Gasteiger partial charge >= 0.3 is 0 Å². The second-order valence-electron chi connectivity index (χ2n) is 4.62. The highest BCUT2D eigenvalue weighted by Crippen LogP contribution is 2.36. The summed E-state index contributed by atoms with van der Waals surface area (Å²) in [6, 6.07) is 1.15. The van der Waals surface area contributed by atoms with Crippen LogP contribution in [0, 0.1) is 6.92 Å². The molecule has 1 aromatic rings. The van der Waals surface area contributed by atoms with Gasteiger partial charge in [0.05, 0.1) is 26.7 Å². The first-order valence-corrected chi connectivity index (χ1v) is 8.27. The summed E-state index contributed by atoms with van der Waals surface area (Å²) in [7, 11) is -3.95. The van der Waals surface area contributed by atoms with Crippen molar-refractivity contribution < 1.29 is 17.9 Å². The van der Waals surface area contributed by atoms with Crippen LogP contribution in [0.25, 0.3) is 0 Å². The molecule has 0 aliphatic heterocycles. The number of carbonyl (C=O) groups is 1. The lowest BCUT2D eigenvalue weighted by molar-refractivity contribution is -0.121. The number of nitrogens with one attached hydrogen (secondary N) is 1. The number of nitrogens with two attached hydrogens (primary N) is 1. The van der Waals surface area contributed by atoms with Crippen LogP contribution >= 0.6 is 23.2 Å². The molecule has 0 aliphatic carbocycles. The van der Waals surface area contributed by atoms with E-state index in [1.165, 1.54) is 6.92 Å². The summed E-state index contributed by atoms with van der Waals surface area (Å²) in [6.45, 7) is 4.88.